The standard InChI is InChI=1S/C17H36N2O6S2/c1-5-6-7-8-9-11-14-26(21,22)19-27(23,24)15-12-10-13-18-16(20)25-17(2,3)4/h19H,5-15H2,1-4H3,(H,18,20). The molecule has 0 aromatic heterocycles. The SMILES string of the molecule is CCCCCCCCS(=O)(=O)NS(=O)(=O)CCCCNC(=O)OC(C)(C)C. The van der Waals surface area contributed by atoms with E-state index < -0.39 is 31.7 Å². The van der Waals surface area contributed by atoms with Crippen LogP contribution in [0.25, 0.3) is 0 Å². The van der Waals surface area contributed by atoms with Crippen LogP contribution in [0, 0.1) is 0 Å². The van der Waals surface area contributed by atoms with Crippen LogP contribution in [-0.4, -0.2) is 46.6 Å². The summed E-state index contributed by atoms with van der Waals surface area (Å²) < 4.78 is 54.4. The highest BCUT2D eigenvalue weighted by molar-refractivity contribution is 8.04. The Morgan fingerprint density at radius 3 is 1.81 bits per heavy atom. The number of carbonyl (C=O) groups is 1. The topological polar surface area (TPSA) is 119 Å². The first kappa shape index (κ1) is 26.1. The molecule has 10 heteroatoms. The van der Waals surface area contributed by atoms with Crippen LogP contribution in [-0.2, 0) is 24.8 Å². The molecule has 27 heavy (non-hydrogen) atoms. The molecule has 0 atom stereocenters. The molecule has 0 rings (SSSR count). The van der Waals surface area contributed by atoms with Crippen LogP contribution in [0.4, 0.5) is 4.79 Å². The average Bonchev–Trinajstić information content (AvgIpc) is 2.47. The van der Waals surface area contributed by atoms with E-state index in [-0.39, 0.29) is 24.5 Å². The first-order valence-corrected chi connectivity index (χ1v) is 12.9. The molecule has 0 aliphatic heterocycles. The van der Waals surface area contributed by atoms with E-state index in [1.807, 2.05) is 0 Å². The van der Waals surface area contributed by atoms with Crippen molar-refractivity contribution in [2.45, 2.75) is 84.7 Å². The lowest BCUT2D eigenvalue weighted by molar-refractivity contribution is 0.0527. The number of unbranched alkanes of at least 4 members (excludes halogenated alkanes) is 6. The van der Waals surface area contributed by atoms with E-state index in [0.29, 0.717) is 12.8 Å². The number of hydrogen-bond acceptors (Lipinski definition) is 6. The highest BCUT2D eigenvalue weighted by Crippen LogP contribution is 2.07. The second-order valence-electron chi connectivity index (χ2n) is 7.62. The minimum absolute atomic E-state index is 0.182. The maximum atomic E-state index is 11.9. The number of carbonyl (C=O) groups excluding carboxylic acids is 1. The van der Waals surface area contributed by atoms with Gasteiger partial charge in [0.2, 0.25) is 20.0 Å². The summed E-state index contributed by atoms with van der Waals surface area (Å²) in [6.07, 6.45) is 5.57. The van der Waals surface area contributed by atoms with Crippen molar-refractivity contribution in [2.75, 3.05) is 18.1 Å². The Kier molecular flexibility index (Phi) is 12.2. The smallest absolute Gasteiger partial charge is 0.407 e. The second-order valence-corrected chi connectivity index (χ2v) is 11.6. The van der Waals surface area contributed by atoms with Crippen LogP contribution in [0.15, 0.2) is 0 Å². The van der Waals surface area contributed by atoms with Crippen LogP contribution in [0.1, 0.15) is 79.1 Å². The Hall–Kier alpha value is -0.870. The number of rotatable bonds is 14. The Balaban J connectivity index is 4.02. The van der Waals surface area contributed by atoms with E-state index in [1.165, 1.54) is 0 Å². The van der Waals surface area contributed by atoms with Gasteiger partial charge in [0.15, 0.2) is 0 Å². The van der Waals surface area contributed by atoms with Gasteiger partial charge in [-0.2, -0.15) is 0 Å². The van der Waals surface area contributed by atoms with E-state index in [2.05, 4.69) is 12.2 Å². The molecule has 1 amide bonds. The van der Waals surface area contributed by atoms with Gasteiger partial charge in [-0.25, -0.2) is 21.6 Å². The van der Waals surface area contributed by atoms with Gasteiger partial charge in [0.05, 0.1) is 11.5 Å². The maximum Gasteiger partial charge on any atom is 0.407 e. The number of sulfonamides is 2. The Morgan fingerprint density at radius 1 is 0.815 bits per heavy atom. The summed E-state index contributed by atoms with van der Waals surface area (Å²) >= 11 is 0. The Morgan fingerprint density at radius 2 is 1.30 bits per heavy atom. The molecule has 0 fully saturated rings. The molecule has 0 aliphatic carbocycles. The fourth-order valence-electron chi connectivity index (χ4n) is 2.27. The van der Waals surface area contributed by atoms with Gasteiger partial charge in [-0.1, -0.05) is 39.0 Å². The summed E-state index contributed by atoms with van der Waals surface area (Å²) in [5, 5.41) is 2.53. The molecular formula is C17H36N2O6S2. The van der Waals surface area contributed by atoms with E-state index in [0.717, 1.165) is 32.1 Å². The molecule has 0 unspecified atom stereocenters. The van der Waals surface area contributed by atoms with Gasteiger partial charge in [-0.05, 0) is 40.0 Å². The van der Waals surface area contributed by atoms with Crippen molar-refractivity contribution in [3.63, 3.8) is 0 Å². The van der Waals surface area contributed by atoms with E-state index in [4.69, 9.17) is 4.74 Å². The van der Waals surface area contributed by atoms with Crippen molar-refractivity contribution in [1.29, 1.82) is 0 Å². The third-order valence-corrected chi connectivity index (χ3v) is 7.21. The zero-order valence-electron chi connectivity index (χ0n) is 17.0. The minimum atomic E-state index is -3.90. The maximum absolute atomic E-state index is 11.9. The molecule has 0 heterocycles. The third kappa shape index (κ3) is 17.0. The summed E-state index contributed by atoms with van der Waals surface area (Å²) in [6.45, 7) is 7.60. The van der Waals surface area contributed by atoms with Crippen molar-refractivity contribution in [1.82, 2.24) is 9.44 Å². The van der Waals surface area contributed by atoms with E-state index >= 15 is 0 Å². The molecule has 0 aliphatic rings. The molecule has 0 aromatic carbocycles. The lowest BCUT2D eigenvalue weighted by Crippen LogP contribution is -2.35. The average molecular weight is 429 g/mol. The van der Waals surface area contributed by atoms with Crippen LogP contribution in [0.5, 0.6) is 0 Å². The summed E-state index contributed by atoms with van der Waals surface area (Å²) in [6, 6.07) is 0. The van der Waals surface area contributed by atoms with Crippen molar-refractivity contribution in [3.8, 4) is 0 Å². The molecule has 2 N–H and O–H groups in total. The van der Waals surface area contributed by atoms with Gasteiger partial charge < -0.3 is 10.1 Å². The summed E-state index contributed by atoms with van der Waals surface area (Å²) in [5.74, 6) is -0.489. The van der Waals surface area contributed by atoms with Gasteiger partial charge in [-0.15, -0.1) is 4.13 Å². The van der Waals surface area contributed by atoms with Crippen LogP contribution < -0.4 is 9.44 Å². The van der Waals surface area contributed by atoms with Gasteiger partial charge in [-0.3, -0.25) is 0 Å². The first-order valence-electron chi connectivity index (χ1n) is 9.58. The third-order valence-electron chi connectivity index (χ3n) is 3.53. The molecule has 0 saturated carbocycles. The molecular weight excluding hydrogens is 392 g/mol. The largest absolute Gasteiger partial charge is 0.444 e. The number of hydrogen-bond donors (Lipinski definition) is 2. The normalized spacial score (nSPS) is 12.7. The van der Waals surface area contributed by atoms with Crippen LogP contribution in [0.3, 0.4) is 0 Å². The lowest BCUT2D eigenvalue weighted by Gasteiger charge is -2.19. The quantitative estimate of drug-likeness (QED) is 0.411. The molecule has 0 radical (unpaired) electrons. The number of ether oxygens (including phenoxy) is 1. The predicted molar refractivity (Wildman–Crippen MR) is 108 cm³/mol. The predicted octanol–water partition coefficient (Wildman–Crippen LogP) is 2.90. The van der Waals surface area contributed by atoms with Gasteiger partial charge >= 0.3 is 6.09 Å². The van der Waals surface area contributed by atoms with Crippen molar-refractivity contribution in [3.05, 3.63) is 0 Å². The monoisotopic (exact) mass is 428 g/mol. The highest BCUT2D eigenvalue weighted by atomic mass is 32.3. The minimum Gasteiger partial charge on any atom is -0.444 e. The van der Waals surface area contributed by atoms with Crippen molar-refractivity contribution < 1.29 is 26.4 Å². The molecule has 0 saturated heterocycles. The Bertz CT molecular complexity index is 624. The molecule has 0 bridgehead atoms. The van der Waals surface area contributed by atoms with Crippen LogP contribution >= 0.6 is 0 Å². The zero-order chi connectivity index (χ0) is 21.0. The summed E-state index contributed by atoms with van der Waals surface area (Å²) in [4.78, 5) is 11.4. The first-order chi connectivity index (χ1) is 12.4. The molecule has 0 aromatic rings. The summed E-state index contributed by atoms with van der Waals surface area (Å²) in [5.41, 5.74) is -0.596. The molecule has 162 valence electrons. The molecule has 8 nitrogen and oxygen atoms in total. The van der Waals surface area contributed by atoms with Gasteiger partial charge in [0.25, 0.3) is 0 Å². The van der Waals surface area contributed by atoms with Crippen molar-refractivity contribution >= 4 is 26.1 Å². The van der Waals surface area contributed by atoms with Crippen molar-refractivity contribution in [2.24, 2.45) is 0 Å². The van der Waals surface area contributed by atoms with E-state index in [9.17, 15) is 21.6 Å². The zero-order valence-corrected chi connectivity index (χ0v) is 18.7. The highest BCUT2D eigenvalue weighted by Gasteiger charge is 2.20. The molecule has 0 spiro atoms. The summed E-state index contributed by atoms with van der Waals surface area (Å²) in [7, 11) is -7.74. The number of amides is 1. The number of alkyl carbamates (subject to hydrolysis) is 1. The fourth-order valence-corrected chi connectivity index (χ4v) is 5.65. The van der Waals surface area contributed by atoms with E-state index in [1.54, 1.807) is 24.9 Å². The second kappa shape index (κ2) is 12.6. The Labute approximate surface area is 164 Å². The fraction of sp³-hybridized carbons (Fsp3) is 0.941. The van der Waals surface area contributed by atoms with Gasteiger partial charge in [0, 0.05) is 6.54 Å². The number of nitrogens with one attached hydrogen (secondary N) is 2. The lowest BCUT2D eigenvalue weighted by atomic mass is 10.1. The van der Waals surface area contributed by atoms with Crippen LogP contribution in [0.2, 0.25) is 0 Å². The van der Waals surface area contributed by atoms with Gasteiger partial charge in [0.1, 0.15) is 5.60 Å².